The number of carbonyl (C=O) groups is 2. The van der Waals surface area contributed by atoms with Crippen molar-refractivity contribution in [3.05, 3.63) is 35.9 Å². The lowest BCUT2D eigenvalue weighted by atomic mass is 10.1. The second-order valence-electron chi connectivity index (χ2n) is 7.08. The number of piperazine rings is 1. The Balaban J connectivity index is 1.37. The predicted octanol–water partition coefficient (Wildman–Crippen LogP) is 1.78. The summed E-state index contributed by atoms with van der Waals surface area (Å²) in [7, 11) is 0. The predicted molar refractivity (Wildman–Crippen MR) is 98.2 cm³/mol. The minimum absolute atomic E-state index is 0.228. The van der Waals surface area contributed by atoms with Crippen LogP contribution in [0.2, 0.25) is 0 Å². The van der Waals surface area contributed by atoms with Crippen LogP contribution in [0.5, 0.6) is 0 Å². The van der Waals surface area contributed by atoms with Gasteiger partial charge >= 0.3 is 0 Å². The summed E-state index contributed by atoms with van der Waals surface area (Å²) in [5.74, 6) is 0.481. The second-order valence-corrected chi connectivity index (χ2v) is 7.08. The topological polar surface area (TPSA) is 43.9 Å². The molecule has 2 amide bonds. The van der Waals surface area contributed by atoms with Gasteiger partial charge in [0, 0.05) is 45.7 Å². The fourth-order valence-electron chi connectivity index (χ4n) is 3.64. The molecular weight excluding hydrogens is 314 g/mol. The van der Waals surface area contributed by atoms with Crippen molar-refractivity contribution in [3.63, 3.8) is 0 Å². The second kappa shape index (κ2) is 8.99. The molecule has 0 aliphatic carbocycles. The van der Waals surface area contributed by atoms with E-state index in [-0.39, 0.29) is 11.8 Å². The van der Waals surface area contributed by atoms with E-state index < -0.39 is 0 Å². The number of rotatable bonds is 5. The molecule has 0 bridgehead atoms. The van der Waals surface area contributed by atoms with Gasteiger partial charge in [-0.1, -0.05) is 30.3 Å². The molecule has 0 radical (unpaired) electrons. The third-order valence-corrected chi connectivity index (χ3v) is 5.26. The molecule has 2 aliphatic heterocycles. The lowest BCUT2D eigenvalue weighted by Crippen LogP contribution is -2.52. The zero-order valence-electron chi connectivity index (χ0n) is 15.0. The summed E-state index contributed by atoms with van der Waals surface area (Å²) < 4.78 is 0. The Bertz CT molecular complexity index is 562. The van der Waals surface area contributed by atoms with Crippen LogP contribution in [-0.2, 0) is 16.0 Å². The van der Waals surface area contributed by atoms with Gasteiger partial charge in [-0.15, -0.1) is 0 Å². The largest absolute Gasteiger partial charge is 0.342 e. The summed E-state index contributed by atoms with van der Waals surface area (Å²) in [5, 5.41) is 0. The van der Waals surface area contributed by atoms with Crippen molar-refractivity contribution in [2.75, 3.05) is 45.8 Å². The molecule has 0 N–H and O–H groups in total. The van der Waals surface area contributed by atoms with Gasteiger partial charge in [0.25, 0.3) is 0 Å². The highest BCUT2D eigenvalue weighted by Crippen LogP contribution is 2.11. The monoisotopic (exact) mass is 343 g/mol. The molecule has 0 atom stereocenters. The maximum absolute atomic E-state index is 12.4. The first-order valence-electron chi connectivity index (χ1n) is 9.54. The molecule has 2 aliphatic rings. The average Bonchev–Trinajstić information content (AvgIpc) is 2.68. The van der Waals surface area contributed by atoms with Crippen molar-refractivity contribution in [2.45, 2.75) is 32.1 Å². The van der Waals surface area contributed by atoms with Gasteiger partial charge in [-0.05, 0) is 31.2 Å². The van der Waals surface area contributed by atoms with Gasteiger partial charge in [-0.3, -0.25) is 14.5 Å². The molecule has 1 aromatic rings. The molecule has 3 rings (SSSR count). The van der Waals surface area contributed by atoms with E-state index in [1.807, 2.05) is 28.0 Å². The van der Waals surface area contributed by atoms with Gasteiger partial charge in [-0.25, -0.2) is 0 Å². The van der Waals surface area contributed by atoms with E-state index in [0.29, 0.717) is 13.0 Å². The normalized spacial score (nSPS) is 19.0. The molecule has 0 unspecified atom stereocenters. The summed E-state index contributed by atoms with van der Waals surface area (Å²) in [6, 6.07) is 10.2. The zero-order valence-corrected chi connectivity index (χ0v) is 15.0. The summed E-state index contributed by atoms with van der Waals surface area (Å²) in [6.07, 6.45) is 4.88. The van der Waals surface area contributed by atoms with Crippen molar-refractivity contribution >= 4 is 11.8 Å². The maximum atomic E-state index is 12.4. The molecule has 2 fully saturated rings. The van der Waals surface area contributed by atoms with Crippen molar-refractivity contribution < 1.29 is 9.59 Å². The zero-order chi connectivity index (χ0) is 17.5. The summed E-state index contributed by atoms with van der Waals surface area (Å²) in [4.78, 5) is 30.9. The van der Waals surface area contributed by atoms with Crippen molar-refractivity contribution in [3.8, 4) is 0 Å². The molecule has 0 aromatic heterocycles. The molecular formula is C20H29N3O2. The standard InChI is InChI=1S/C20H29N3O2/c24-19(10-9-18-7-3-1-4-8-18)23-15-13-21(14-16-23)17-20(25)22-11-5-2-6-12-22/h1,3-4,7-8H,2,5-6,9-17H2. The van der Waals surface area contributed by atoms with E-state index in [1.54, 1.807) is 0 Å². The quantitative estimate of drug-likeness (QED) is 0.818. The van der Waals surface area contributed by atoms with Crippen LogP contribution in [-0.4, -0.2) is 72.3 Å². The van der Waals surface area contributed by atoms with Crippen LogP contribution in [0.25, 0.3) is 0 Å². The fourth-order valence-corrected chi connectivity index (χ4v) is 3.64. The van der Waals surface area contributed by atoms with Gasteiger partial charge in [0.2, 0.25) is 11.8 Å². The van der Waals surface area contributed by atoms with Gasteiger partial charge in [0.1, 0.15) is 0 Å². The van der Waals surface area contributed by atoms with E-state index in [4.69, 9.17) is 0 Å². The number of likely N-dealkylation sites (tertiary alicyclic amines) is 1. The molecule has 5 nitrogen and oxygen atoms in total. The van der Waals surface area contributed by atoms with E-state index in [2.05, 4.69) is 17.0 Å². The Hall–Kier alpha value is -1.88. The van der Waals surface area contributed by atoms with Crippen LogP contribution in [0.3, 0.4) is 0 Å². The Morgan fingerprint density at radius 1 is 0.760 bits per heavy atom. The number of hydrogen-bond donors (Lipinski definition) is 0. The van der Waals surface area contributed by atoms with Crippen LogP contribution < -0.4 is 0 Å². The Morgan fingerprint density at radius 3 is 2.08 bits per heavy atom. The Labute approximate surface area is 150 Å². The van der Waals surface area contributed by atoms with Crippen molar-refractivity contribution in [1.29, 1.82) is 0 Å². The van der Waals surface area contributed by atoms with Gasteiger partial charge in [-0.2, -0.15) is 0 Å². The maximum Gasteiger partial charge on any atom is 0.236 e. The van der Waals surface area contributed by atoms with Crippen LogP contribution in [0.1, 0.15) is 31.2 Å². The SMILES string of the molecule is O=C(CCc1ccccc1)N1CCN(CC(=O)N2CCCCC2)CC1. The summed E-state index contributed by atoms with van der Waals surface area (Å²) in [6.45, 7) is 5.41. The fraction of sp³-hybridized carbons (Fsp3) is 0.600. The number of nitrogens with zero attached hydrogens (tertiary/aromatic N) is 3. The number of amides is 2. The highest BCUT2D eigenvalue weighted by atomic mass is 16.2. The lowest BCUT2D eigenvalue weighted by molar-refractivity contribution is -0.135. The summed E-state index contributed by atoms with van der Waals surface area (Å²) in [5.41, 5.74) is 1.21. The molecule has 136 valence electrons. The van der Waals surface area contributed by atoms with E-state index in [9.17, 15) is 9.59 Å². The van der Waals surface area contributed by atoms with E-state index in [1.165, 1.54) is 12.0 Å². The van der Waals surface area contributed by atoms with Crippen LogP contribution in [0.4, 0.5) is 0 Å². The first-order valence-corrected chi connectivity index (χ1v) is 9.54. The molecule has 5 heteroatoms. The minimum Gasteiger partial charge on any atom is -0.342 e. The highest BCUT2D eigenvalue weighted by Gasteiger charge is 2.24. The van der Waals surface area contributed by atoms with Gasteiger partial charge < -0.3 is 9.80 Å². The molecule has 25 heavy (non-hydrogen) atoms. The van der Waals surface area contributed by atoms with Crippen LogP contribution >= 0.6 is 0 Å². The first-order chi connectivity index (χ1) is 12.2. The van der Waals surface area contributed by atoms with Crippen molar-refractivity contribution in [1.82, 2.24) is 14.7 Å². The van der Waals surface area contributed by atoms with Crippen LogP contribution in [0.15, 0.2) is 30.3 Å². The lowest BCUT2D eigenvalue weighted by Gasteiger charge is -2.36. The van der Waals surface area contributed by atoms with Gasteiger partial charge in [0.15, 0.2) is 0 Å². The molecule has 2 saturated heterocycles. The molecule has 1 aromatic carbocycles. The third kappa shape index (κ3) is 5.30. The first kappa shape index (κ1) is 17.9. The molecule has 0 saturated carbocycles. The third-order valence-electron chi connectivity index (χ3n) is 5.26. The van der Waals surface area contributed by atoms with E-state index in [0.717, 1.165) is 58.5 Å². The number of benzene rings is 1. The Kier molecular flexibility index (Phi) is 6.45. The Morgan fingerprint density at radius 2 is 1.40 bits per heavy atom. The number of hydrogen-bond acceptors (Lipinski definition) is 3. The number of carbonyl (C=O) groups excluding carboxylic acids is 2. The smallest absolute Gasteiger partial charge is 0.236 e. The van der Waals surface area contributed by atoms with E-state index >= 15 is 0 Å². The number of piperidine rings is 1. The van der Waals surface area contributed by atoms with Crippen LogP contribution in [0, 0.1) is 0 Å². The minimum atomic E-state index is 0.228. The van der Waals surface area contributed by atoms with Crippen molar-refractivity contribution in [2.24, 2.45) is 0 Å². The number of aryl methyl sites for hydroxylation is 1. The highest BCUT2D eigenvalue weighted by molar-refractivity contribution is 5.78. The molecule has 2 heterocycles. The average molecular weight is 343 g/mol. The molecule has 0 spiro atoms. The van der Waals surface area contributed by atoms with Gasteiger partial charge in [0.05, 0.1) is 6.54 Å². The summed E-state index contributed by atoms with van der Waals surface area (Å²) >= 11 is 0.